The number of nitrogens with zero attached hydrogens (tertiary/aromatic N) is 2. The molecule has 2 N–H and O–H groups in total. The third kappa shape index (κ3) is 5.33. The van der Waals surface area contributed by atoms with Crippen molar-refractivity contribution in [2.24, 2.45) is 0 Å². The van der Waals surface area contributed by atoms with Crippen LogP contribution in [0.5, 0.6) is 11.6 Å². The number of halogens is 4. The van der Waals surface area contributed by atoms with Gasteiger partial charge in [-0.15, -0.1) is 10.2 Å². The van der Waals surface area contributed by atoms with Crippen LogP contribution in [0.3, 0.4) is 0 Å². The van der Waals surface area contributed by atoms with E-state index in [4.69, 9.17) is 9.52 Å². The van der Waals surface area contributed by atoms with E-state index in [2.05, 4.69) is 15.5 Å². The summed E-state index contributed by atoms with van der Waals surface area (Å²) in [6, 6.07) is 7.93. The van der Waals surface area contributed by atoms with E-state index < -0.39 is 50.3 Å². The molecule has 0 aliphatic rings. The Bertz CT molecular complexity index is 1370. The molecular formula is C22H20F4N4O3S. The van der Waals surface area contributed by atoms with Crippen molar-refractivity contribution >= 4 is 21.3 Å². The van der Waals surface area contributed by atoms with Crippen molar-refractivity contribution in [2.45, 2.75) is 31.8 Å². The van der Waals surface area contributed by atoms with Crippen molar-refractivity contribution in [3.63, 3.8) is 0 Å². The van der Waals surface area contributed by atoms with Gasteiger partial charge in [0.05, 0.1) is 9.73 Å². The normalized spacial score (nSPS) is 13.3. The van der Waals surface area contributed by atoms with Crippen LogP contribution in [0.1, 0.15) is 32.7 Å². The maximum atomic E-state index is 13.7. The fraction of sp³-hybridized carbons (Fsp3) is 0.227. The van der Waals surface area contributed by atoms with Crippen molar-refractivity contribution in [1.29, 1.82) is 4.78 Å². The molecule has 1 unspecified atom stereocenters. The molecule has 0 spiro atoms. The van der Waals surface area contributed by atoms with Crippen molar-refractivity contribution in [3.05, 3.63) is 70.2 Å². The first-order valence-corrected chi connectivity index (χ1v) is 11.7. The predicted molar refractivity (Wildman–Crippen MR) is 117 cm³/mol. The molecule has 0 fully saturated rings. The average Bonchev–Trinajstić information content (AvgIpc) is 2.69. The SMILES string of the molecule is Cc1cc(F)cc(C)c1Oc1nnc(C(F)(F)F)c(C)c1C(=O)Nc1cccc(S(C)(=N)=O)c1. The number of benzene rings is 2. The number of alkyl halides is 3. The predicted octanol–water partition coefficient (Wildman–Crippen LogP) is 5.64. The van der Waals surface area contributed by atoms with Crippen molar-refractivity contribution in [1.82, 2.24) is 10.2 Å². The lowest BCUT2D eigenvalue weighted by atomic mass is 10.1. The average molecular weight is 496 g/mol. The first-order chi connectivity index (χ1) is 15.7. The minimum Gasteiger partial charge on any atom is -0.436 e. The maximum Gasteiger partial charge on any atom is 0.435 e. The standard InChI is InChI=1S/C22H20F4N4O3S/c1-11-8-14(23)9-12(2)18(11)33-21-17(13(3)19(29-30-21)22(24,25)26)20(31)28-15-6-5-7-16(10-15)34(4,27)32/h5-10,27H,1-4H3,(H,28,31). The molecule has 0 radical (unpaired) electrons. The van der Waals surface area contributed by atoms with E-state index in [1.165, 1.54) is 56.5 Å². The topological polar surface area (TPSA) is 105 Å². The molecule has 180 valence electrons. The van der Waals surface area contributed by atoms with Crippen LogP contribution in [-0.2, 0) is 15.9 Å². The van der Waals surface area contributed by atoms with Gasteiger partial charge in [0.2, 0.25) is 0 Å². The van der Waals surface area contributed by atoms with Gasteiger partial charge in [0.15, 0.2) is 5.69 Å². The molecule has 0 aliphatic heterocycles. The van der Waals surface area contributed by atoms with E-state index in [0.717, 1.165) is 6.92 Å². The number of carbonyl (C=O) groups excluding carboxylic acids is 1. The summed E-state index contributed by atoms with van der Waals surface area (Å²) in [5.74, 6) is -1.91. The highest BCUT2D eigenvalue weighted by Gasteiger charge is 2.38. The molecule has 7 nitrogen and oxygen atoms in total. The lowest BCUT2D eigenvalue weighted by molar-refractivity contribution is -0.142. The molecular weight excluding hydrogens is 476 g/mol. The number of ether oxygens (including phenoxy) is 1. The minimum absolute atomic E-state index is 0.106. The number of nitrogens with one attached hydrogen (secondary N) is 2. The zero-order chi connectivity index (χ0) is 25.4. The summed E-state index contributed by atoms with van der Waals surface area (Å²) >= 11 is 0. The lowest BCUT2D eigenvalue weighted by Gasteiger charge is -2.17. The Kier molecular flexibility index (Phi) is 6.65. The monoisotopic (exact) mass is 496 g/mol. The van der Waals surface area contributed by atoms with Crippen LogP contribution >= 0.6 is 0 Å². The first kappa shape index (κ1) is 25.1. The molecule has 3 aromatic rings. The molecule has 0 bridgehead atoms. The van der Waals surface area contributed by atoms with Crippen LogP contribution in [0.2, 0.25) is 0 Å². The second-order valence-corrected chi connectivity index (χ2v) is 9.81. The van der Waals surface area contributed by atoms with E-state index in [0.29, 0.717) is 11.1 Å². The quantitative estimate of drug-likeness (QED) is 0.445. The zero-order valence-corrected chi connectivity index (χ0v) is 19.3. The Morgan fingerprint density at radius 1 is 1.09 bits per heavy atom. The molecule has 0 aliphatic carbocycles. The third-order valence-electron chi connectivity index (χ3n) is 4.85. The van der Waals surface area contributed by atoms with Crippen molar-refractivity contribution in [3.8, 4) is 11.6 Å². The van der Waals surface area contributed by atoms with Gasteiger partial charge in [-0.05, 0) is 67.8 Å². The van der Waals surface area contributed by atoms with Crippen LogP contribution in [-0.4, -0.2) is 26.6 Å². The van der Waals surface area contributed by atoms with Crippen LogP contribution in [0.25, 0.3) is 0 Å². The minimum atomic E-state index is -4.88. The summed E-state index contributed by atoms with van der Waals surface area (Å²) < 4.78 is 79.4. The molecule has 1 heterocycles. The molecule has 1 atom stereocenters. The van der Waals surface area contributed by atoms with Gasteiger partial charge in [-0.3, -0.25) is 4.79 Å². The summed E-state index contributed by atoms with van der Waals surface area (Å²) in [6.07, 6.45) is -3.69. The number of aromatic nitrogens is 2. The third-order valence-corrected chi connectivity index (χ3v) is 6.00. The Hall–Kier alpha value is -3.54. The number of rotatable bonds is 5. The Labute approximate surface area is 193 Å². The highest BCUT2D eigenvalue weighted by atomic mass is 32.2. The van der Waals surface area contributed by atoms with E-state index in [9.17, 15) is 26.6 Å². The van der Waals surface area contributed by atoms with E-state index in [-0.39, 0.29) is 16.3 Å². The van der Waals surface area contributed by atoms with Gasteiger partial charge in [0, 0.05) is 16.8 Å². The number of anilines is 1. The molecule has 34 heavy (non-hydrogen) atoms. The van der Waals surface area contributed by atoms with Crippen LogP contribution < -0.4 is 10.1 Å². The number of hydrogen-bond acceptors (Lipinski definition) is 6. The molecule has 3 rings (SSSR count). The molecule has 1 amide bonds. The first-order valence-electron chi connectivity index (χ1n) is 9.72. The number of carbonyl (C=O) groups is 1. The summed E-state index contributed by atoms with van der Waals surface area (Å²) in [4.78, 5) is 13.2. The Balaban J connectivity index is 2.11. The van der Waals surface area contributed by atoms with Gasteiger partial charge in [0.1, 0.15) is 17.1 Å². The Morgan fingerprint density at radius 3 is 2.26 bits per heavy atom. The molecule has 12 heteroatoms. The van der Waals surface area contributed by atoms with Crippen molar-refractivity contribution in [2.75, 3.05) is 11.6 Å². The van der Waals surface area contributed by atoms with Crippen molar-refractivity contribution < 1.29 is 31.3 Å². The van der Waals surface area contributed by atoms with Gasteiger partial charge in [-0.1, -0.05) is 6.07 Å². The van der Waals surface area contributed by atoms with Gasteiger partial charge < -0.3 is 10.1 Å². The lowest BCUT2D eigenvalue weighted by Crippen LogP contribution is -2.21. The van der Waals surface area contributed by atoms with Gasteiger partial charge in [-0.2, -0.15) is 13.2 Å². The smallest absolute Gasteiger partial charge is 0.435 e. The van der Waals surface area contributed by atoms with Crippen LogP contribution in [0.15, 0.2) is 41.3 Å². The largest absolute Gasteiger partial charge is 0.436 e. The molecule has 0 saturated heterocycles. The molecule has 1 aromatic heterocycles. The van der Waals surface area contributed by atoms with Gasteiger partial charge in [0.25, 0.3) is 11.8 Å². The second kappa shape index (κ2) is 9.01. The summed E-state index contributed by atoms with van der Waals surface area (Å²) in [6.45, 7) is 4.12. The van der Waals surface area contributed by atoms with E-state index >= 15 is 0 Å². The molecule has 2 aromatic carbocycles. The van der Waals surface area contributed by atoms with Crippen LogP contribution in [0.4, 0.5) is 23.2 Å². The van der Waals surface area contributed by atoms with E-state index in [1.54, 1.807) is 0 Å². The highest BCUT2D eigenvalue weighted by Crippen LogP contribution is 2.36. The summed E-state index contributed by atoms with van der Waals surface area (Å²) in [5, 5.41) is 9.14. The summed E-state index contributed by atoms with van der Waals surface area (Å²) in [5.41, 5.74) is -1.64. The van der Waals surface area contributed by atoms with Crippen LogP contribution in [0, 0.1) is 31.4 Å². The molecule has 0 saturated carbocycles. The fourth-order valence-corrected chi connectivity index (χ4v) is 3.96. The number of amides is 1. The summed E-state index contributed by atoms with van der Waals surface area (Å²) in [7, 11) is -3.10. The maximum absolute atomic E-state index is 13.7. The van der Waals surface area contributed by atoms with Gasteiger partial charge >= 0.3 is 6.18 Å². The van der Waals surface area contributed by atoms with E-state index in [1.807, 2.05) is 0 Å². The number of aryl methyl sites for hydroxylation is 2. The zero-order valence-electron chi connectivity index (χ0n) is 18.5. The Morgan fingerprint density at radius 2 is 1.71 bits per heavy atom. The fourth-order valence-electron chi connectivity index (χ4n) is 3.27. The highest BCUT2D eigenvalue weighted by molar-refractivity contribution is 7.91. The second-order valence-electron chi connectivity index (χ2n) is 7.65. The van der Waals surface area contributed by atoms with Gasteiger partial charge in [-0.25, -0.2) is 13.4 Å². The number of hydrogen-bond donors (Lipinski definition) is 2.